The van der Waals surface area contributed by atoms with E-state index in [2.05, 4.69) is 10.5 Å². The first-order chi connectivity index (χ1) is 17.1. The van der Waals surface area contributed by atoms with Crippen LogP contribution in [-0.4, -0.2) is 40.6 Å². The van der Waals surface area contributed by atoms with E-state index in [1.54, 1.807) is 23.2 Å². The lowest BCUT2D eigenvalue weighted by molar-refractivity contribution is -0.133. The van der Waals surface area contributed by atoms with Crippen LogP contribution in [0.15, 0.2) is 90.2 Å². The van der Waals surface area contributed by atoms with Crippen molar-refractivity contribution in [3.8, 4) is 0 Å². The number of hydrogen-bond acceptors (Lipinski definition) is 3. The number of nitrogens with one attached hydrogen (secondary N) is 1. The molecule has 0 radical (unpaired) electrons. The van der Waals surface area contributed by atoms with Crippen molar-refractivity contribution in [2.75, 3.05) is 13.1 Å². The maximum atomic E-state index is 14.2. The summed E-state index contributed by atoms with van der Waals surface area (Å²) < 4.78 is 16.1. The van der Waals surface area contributed by atoms with Crippen molar-refractivity contribution in [2.24, 2.45) is 5.10 Å². The van der Waals surface area contributed by atoms with Gasteiger partial charge in [-0.05, 0) is 17.7 Å². The third-order valence-electron chi connectivity index (χ3n) is 6.33. The SMILES string of the molecule is O=C(CN1CC(c2ccccc2)CC1=O)NN=Cc1cn(Cc2ccccc2F)c2ccccc12. The number of carbonyl (C=O) groups is 2. The molecule has 5 rings (SSSR count). The number of aromatic nitrogens is 1. The van der Waals surface area contributed by atoms with E-state index in [0.29, 0.717) is 25.1 Å². The van der Waals surface area contributed by atoms with Crippen molar-refractivity contribution >= 4 is 28.9 Å². The highest BCUT2D eigenvalue weighted by molar-refractivity contribution is 5.99. The van der Waals surface area contributed by atoms with E-state index in [1.807, 2.05) is 71.4 Å². The highest BCUT2D eigenvalue weighted by Crippen LogP contribution is 2.27. The minimum Gasteiger partial charge on any atom is -0.342 e. The topological polar surface area (TPSA) is 66.7 Å². The molecule has 3 aromatic carbocycles. The number of hydrogen-bond donors (Lipinski definition) is 1. The maximum absolute atomic E-state index is 14.2. The molecule has 1 aliphatic rings. The smallest absolute Gasteiger partial charge is 0.259 e. The van der Waals surface area contributed by atoms with Crippen LogP contribution in [0.3, 0.4) is 0 Å². The summed E-state index contributed by atoms with van der Waals surface area (Å²) in [5.41, 5.74) is 5.98. The molecule has 1 saturated heterocycles. The lowest BCUT2D eigenvalue weighted by Crippen LogP contribution is -2.36. The number of rotatable bonds is 7. The molecule has 0 saturated carbocycles. The standard InChI is InChI=1S/C28H25FN4O2/c29-25-12-6-4-10-21(25)16-32-18-23(24-11-5-7-13-26(24)32)15-30-31-27(34)19-33-17-22(14-28(33)35)20-8-2-1-3-9-20/h1-13,15,18,22H,14,16-17,19H2,(H,31,34). The zero-order chi connectivity index (χ0) is 24.2. The normalized spacial score (nSPS) is 15.9. The van der Waals surface area contributed by atoms with Gasteiger partial charge in [0.15, 0.2) is 0 Å². The zero-order valence-electron chi connectivity index (χ0n) is 19.1. The van der Waals surface area contributed by atoms with Crippen LogP contribution in [-0.2, 0) is 16.1 Å². The molecule has 1 atom stereocenters. The largest absolute Gasteiger partial charge is 0.342 e. The van der Waals surface area contributed by atoms with E-state index in [-0.39, 0.29) is 30.1 Å². The van der Waals surface area contributed by atoms with Crippen molar-refractivity contribution < 1.29 is 14.0 Å². The van der Waals surface area contributed by atoms with E-state index in [0.717, 1.165) is 22.0 Å². The number of halogens is 1. The Morgan fingerprint density at radius 1 is 1.03 bits per heavy atom. The minimum absolute atomic E-state index is 0.0332. The molecule has 35 heavy (non-hydrogen) atoms. The van der Waals surface area contributed by atoms with Gasteiger partial charge in [0.2, 0.25) is 5.91 Å². The fraction of sp³-hybridized carbons (Fsp3) is 0.179. The molecule has 2 heterocycles. The fourth-order valence-corrected chi connectivity index (χ4v) is 4.58. The highest BCUT2D eigenvalue weighted by atomic mass is 19.1. The van der Waals surface area contributed by atoms with Crippen molar-refractivity contribution in [3.05, 3.63) is 108 Å². The first-order valence-corrected chi connectivity index (χ1v) is 11.5. The molecule has 6 nitrogen and oxygen atoms in total. The Morgan fingerprint density at radius 2 is 1.77 bits per heavy atom. The van der Waals surface area contributed by atoms with Crippen LogP contribution >= 0.6 is 0 Å². The molecule has 1 unspecified atom stereocenters. The van der Waals surface area contributed by atoms with Gasteiger partial charge in [-0.25, -0.2) is 9.82 Å². The number of fused-ring (bicyclic) bond motifs is 1. The van der Waals surface area contributed by atoms with Gasteiger partial charge in [0, 0.05) is 47.1 Å². The molecule has 0 bridgehead atoms. The van der Waals surface area contributed by atoms with Crippen LogP contribution in [0.2, 0.25) is 0 Å². The predicted molar refractivity (Wildman–Crippen MR) is 134 cm³/mol. The molecule has 1 aliphatic heterocycles. The van der Waals surface area contributed by atoms with Gasteiger partial charge < -0.3 is 9.47 Å². The minimum atomic E-state index is -0.349. The lowest BCUT2D eigenvalue weighted by Gasteiger charge is -2.15. The van der Waals surface area contributed by atoms with E-state index in [1.165, 1.54) is 6.07 Å². The number of hydrazone groups is 1. The molecule has 4 aromatic rings. The van der Waals surface area contributed by atoms with Crippen LogP contribution in [0.4, 0.5) is 4.39 Å². The Hall–Kier alpha value is -4.26. The van der Waals surface area contributed by atoms with Crippen LogP contribution in [0.5, 0.6) is 0 Å². The zero-order valence-corrected chi connectivity index (χ0v) is 19.1. The van der Waals surface area contributed by atoms with Gasteiger partial charge in [0.05, 0.1) is 12.8 Å². The summed E-state index contributed by atoms with van der Waals surface area (Å²) in [6, 6.07) is 24.4. The highest BCUT2D eigenvalue weighted by Gasteiger charge is 2.31. The van der Waals surface area contributed by atoms with Gasteiger partial charge in [-0.3, -0.25) is 9.59 Å². The van der Waals surface area contributed by atoms with Gasteiger partial charge in [-0.2, -0.15) is 5.10 Å². The second kappa shape index (κ2) is 9.93. The van der Waals surface area contributed by atoms with Gasteiger partial charge in [0.1, 0.15) is 12.4 Å². The molecule has 1 fully saturated rings. The predicted octanol–water partition coefficient (Wildman–Crippen LogP) is 4.29. The van der Waals surface area contributed by atoms with Gasteiger partial charge in [-0.15, -0.1) is 0 Å². The Kier molecular flexibility index (Phi) is 6.39. The van der Waals surface area contributed by atoms with Crippen molar-refractivity contribution in [1.29, 1.82) is 0 Å². The van der Waals surface area contributed by atoms with Crippen molar-refractivity contribution in [3.63, 3.8) is 0 Å². The van der Waals surface area contributed by atoms with Crippen molar-refractivity contribution in [1.82, 2.24) is 14.9 Å². The average Bonchev–Trinajstić information content (AvgIpc) is 3.41. The summed E-state index contributed by atoms with van der Waals surface area (Å²) in [4.78, 5) is 26.4. The number of likely N-dealkylation sites (tertiary alicyclic amines) is 1. The Labute approximate surface area is 202 Å². The Morgan fingerprint density at radius 3 is 2.60 bits per heavy atom. The molecule has 176 valence electrons. The van der Waals surface area contributed by atoms with Gasteiger partial charge in [-0.1, -0.05) is 66.7 Å². The van der Waals surface area contributed by atoms with Crippen LogP contribution in [0.25, 0.3) is 10.9 Å². The Bertz CT molecular complexity index is 1400. The molecule has 7 heteroatoms. The summed E-state index contributed by atoms with van der Waals surface area (Å²) in [7, 11) is 0. The third-order valence-corrected chi connectivity index (χ3v) is 6.33. The number of para-hydroxylation sites is 1. The monoisotopic (exact) mass is 468 g/mol. The van der Waals surface area contributed by atoms with E-state index < -0.39 is 0 Å². The van der Waals surface area contributed by atoms with Crippen LogP contribution < -0.4 is 5.43 Å². The maximum Gasteiger partial charge on any atom is 0.259 e. The molecular weight excluding hydrogens is 443 g/mol. The summed E-state index contributed by atoms with van der Waals surface area (Å²) in [6.07, 6.45) is 3.87. The molecule has 2 amide bonds. The molecule has 0 spiro atoms. The van der Waals surface area contributed by atoms with Gasteiger partial charge >= 0.3 is 0 Å². The van der Waals surface area contributed by atoms with E-state index in [9.17, 15) is 14.0 Å². The number of amides is 2. The number of nitrogens with zero attached hydrogens (tertiary/aromatic N) is 3. The van der Waals surface area contributed by atoms with Crippen molar-refractivity contribution in [2.45, 2.75) is 18.9 Å². The Balaban J connectivity index is 1.24. The molecule has 1 N–H and O–H groups in total. The first kappa shape index (κ1) is 22.5. The quantitative estimate of drug-likeness (QED) is 0.325. The summed E-state index contributed by atoms with van der Waals surface area (Å²) >= 11 is 0. The second-order valence-corrected chi connectivity index (χ2v) is 8.70. The summed E-state index contributed by atoms with van der Waals surface area (Å²) in [5.74, 6) is -0.535. The second-order valence-electron chi connectivity index (χ2n) is 8.70. The van der Waals surface area contributed by atoms with Crippen LogP contribution in [0, 0.1) is 5.82 Å². The summed E-state index contributed by atoms with van der Waals surface area (Å²) in [5, 5.41) is 5.07. The molecular formula is C28H25FN4O2. The average molecular weight is 469 g/mol. The first-order valence-electron chi connectivity index (χ1n) is 11.5. The third kappa shape index (κ3) is 4.99. The molecule has 0 aliphatic carbocycles. The fourth-order valence-electron chi connectivity index (χ4n) is 4.58. The molecule has 1 aromatic heterocycles. The van der Waals surface area contributed by atoms with E-state index >= 15 is 0 Å². The van der Waals surface area contributed by atoms with E-state index in [4.69, 9.17) is 0 Å². The number of benzene rings is 3. The number of carbonyl (C=O) groups excluding carboxylic acids is 2. The van der Waals surface area contributed by atoms with Crippen LogP contribution in [0.1, 0.15) is 29.0 Å². The lowest BCUT2D eigenvalue weighted by atomic mass is 9.99. The van der Waals surface area contributed by atoms with Gasteiger partial charge in [0.25, 0.3) is 5.91 Å². The summed E-state index contributed by atoms with van der Waals surface area (Å²) in [6.45, 7) is 0.866.